The number of fused-ring (bicyclic) bond motifs is 4. The third kappa shape index (κ3) is 4.97. The van der Waals surface area contributed by atoms with Crippen molar-refractivity contribution in [3.8, 4) is 33.4 Å². The third-order valence-electron chi connectivity index (χ3n) is 9.59. The molecule has 9 rings (SSSR count). The van der Waals surface area contributed by atoms with E-state index in [-0.39, 0.29) is 0 Å². The fourth-order valence-electron chi connectivity index (χ4n) is 7.36. The molecule has 0 saturated carbocycles. The molecule has 1 heterocycles. The molecule has 8 aromatic carbocycles. The maximum Gasteiger partial charge on any atom is 0.137 e. The van der Waals surface area contributed by atoms with E-state index in [0.717, 1.165) is 61.4 Å². The Labute approximate surface area is 286 Å². The van der Waals surface area contributed by atoms with Gasteiger partial charge in [-0.15, -0.1) is 0 Å². The summed E-state index contributed by atoms with van der Waals surface area (Å²) in [6.45, 7) is 2.15. The first kappa shape index (κ1) is 28.8. The van der Waals surface area contributed by atoms with E-state index in [2.05, 4.69) is 194 Å². The highest BCUT2D eigenvalue weighted by Crippen LogP contribution is 2.51. The van der Waals surface area contributed by atoms with E-state index in [1.165, 1.54) is 27.3 Å². The average molecular weight is 628 g/mol. The number of para-hydroxylation sites is 1. The molecule has 1 aromatic heterocycles. The maximum atomic E-state index is 6.58. The molecule has 9 aromatic rings. The summed E-state index contributed by atoms with van der Waals surface area (Å²) in [5, 5.41) is 4.70. The standard InChI is InChI=1S/C47H33NO/c1-32-15-13-26-43-45(32)41-29-28-37(31-44(41)49-43)48(42-30-27-35-20-11-12-23-38(35)46(42)36-21-9-4-10-22-36)47-39(33-16-5-2-6-17-33)24-14-25-40(47)34-18-7-3-8-19-34/h2-31H,1H3. The number of anilines is 3. The van der Waals surface area contributed by atoms with Gasteiger partial charge in [-0.25, -0.2) is 0 Å². The Morgan fingerprint density at radius 3 is 1.76 bits per heavy atom. The zero-order chi connectivity index (χ0) is 32.7. The molecule has 0 spiro atoms. The number of aryl methyl sites for hydroxylation is 1. The lowest BCUT2D eigenvalue weighted by Gasteiger charge is -2.32. The lowest BCUT2D eigenvalue weighted by Crippen LogP contribution is -2.14. The third-order valence-corrected chi connectivity index (χ3v) is 9.59. The van der Waals surface area contributed by atoms with Crippen LogP contribution in [0.1, 0.15) is 5.56 Å². The van der Waals surface area contributed by atoms with Crippen molar-refractivity contribution in [3.05, 3.63) is 188 Å². The molecule has 2 heteroatoms. The first-order valence-electron chi connectivity index (χ1n) is 16.8. The quantitative estimate of drug-likeness (QED) is 0.182. The van der Waals surface area contributed by atoms with Crippen molar-refractivity contribution in [1.82, 2.24) is 0 Å². The monoisotopic (exact) mass is 627 g/mol. The lowest BCUT2D eigenvalue weighted by molar-refractivity contribution is 0.669. The van der Waals surface area contributed by atoms with E-state index in [4.69, 9.17) is 4.42 Å². The topological polar surface area (TPSA) is 16.4 Å². The Balaban J connectivity index is 1.43. The molecule has 2 nitrogen and oxygen atoms in total. The molecule has 0 aliphatic carbocycles. The molecule has 232 valence electrons. The van der Waals surface area contributed by atoms with Crippen LogP contribution in [0.2, 0.25) is 0 Å². The van der Waals surface area contributed by atoms with Crippen molar-refractivity contribution in [2.24, 2.45) is 0 Å². The van der Waals surface area contributed by atoms with Gasteiger partial charge in [-0.05, 0) is 64.2 Å². The molecule has 0 aliphatic heterocycles. The van der Waals surface area contributed by atoms with E-state index in [1.807, 2.05) is 0 Å². The van der Waals surface area contributed by atoms with E-state index >= 15 is 0 Å². The van der Waals surface area contributed by atoms with Crippen LogP contribution in [-0.4, -0.2) is 0 Å². The van der Waals surface area contributed by atoms with E-state index in [9.17, 15) is 0 Å². The zero-order valence-corrected chi connectivity index (χ0v) is 27.2. The average Bonchev–Trinajstić information content (AvgIpc) is 3.55. The minimum atomic E-state index is 0.868. The van der Waals surface area contributed by atoms with Gasteiger partial charge in [0.05, 0.1) is 11.4 Å². The van der Waals surface area contributed by atoms with Gasteiger partial charge in [-0.3, -0.25) is 0 Å². The van der Waals surface area contributed by atoms with Crippen LogP contribution in [0.25, 0.3) is 66.1 Å². The van der Waals surface area contributed by atoms with Gasteiger partial charge in [0.1, 0.15) is 11.2 Å². The second-order valence-corrected chi connectivity index (χ2v) is 12.5. The summed E-state index contributed by atoms with van der Waals surface area (Å²) in [6.07, 6.45) is 0. The number of furan rings is 1. The van der Waals surface area contributed by atoms with Gasteiger partial charge < -0.3 is 9.32 Å². The smallest absolute Gasteiger partial charge is 0.137 e. The van der Waals surface area contributed by atoms with Crippen molar-refractivity contribution in [1.29, 1.82) is 0 Å². The number of benzene rings is 8. The van der Waals surface area contributed by atoms with Crippen molar-refractivity contribution < 1.29 is 4.42 Å². The molecule has 0 saturated heterocycles. The summed E-state index contributed by atoms with van der Waals surface area (Å²) in [6, 6.07) is 65.1. The largest absolute Gasteiger partial charge is 0.456 e. The first-order valence-corrected chi connectivity index (χ1v) is 16.8. The molecule has 0 atom stereocenters. The number of nitrogens with zero attached hydrogens (tertiary/aromatic N) is 1. The van der Waals surface area contributed by atoms with Crippen molar-refractivity contribution in [2.45, 2.75) is 6.92 Å². The van der Waals surface area contributed by atoms with Crippen molar-refractivity contribution >= 4 is 49.8 Å². The van der Waals surface area contributed by atoms with Gasteiger partial charge in [0, 0.05) is 39.2 Å². The number of hydrogen-bond donors (Lipinski definition) is 0. The minimum Gasteiger partial charge on any atom is -0.456 e. The van der Waals surface area contributed by atoms with Gasteiger partial charge in [0.15, 0.2) is 0 Å². The van der Waals surface area contributed by atoms with Crippen LogP contribution in [-0.2, 0) is 0 Å². The Kier molecular flexibility index (Phi) is 7.06. The minimum absolute atomic E-state index is 0.868. The summed E-state index contributed by atoms with van der Waals surface area (Å²) in [4.78, 5) is 2.46. The van der Waals surface area contributed by atoms with Gasteiger partial charge in [-0.2, -0.15) is 0 Å². The summed E-state index contributed by atoms with van der Waals surface area (Å²) in [5.74, 6) is 0. The molecule has 49 heavy (non-hydrogen) atoms. The van der Waals surface area contributed by atoms with Gasteiger partial charge in [0.2, 0.25) is 0 Å². The van der Waals surface area contributed by atoms with Crippen LogP contribution >= 0.6 is 0 Å². The fourth-order valence-corrected chi connectivity index (χ4v) is 7.36. The molecule has 0 fully saturated rings. The van der Waals surface area contributed by atoms with E-state index < -0.39 is 0 Å². The summed E-state index contributed by atoms with van der Waals surface area (Å²) >= 11 is 0. The van der Waals surface area contributed by atoms with E-state index in [1.54, 1.807) is 0 Å². The predicted octanol–water partition coefficient (Wildman–Crippen LogP) is 13.5. The molecule has 0 radical (unpaired) electrons. The number of hydrogen-bond acceptors (Lipinski definition) is 2. The molecule has 0 N–H and O–H groups in total. The SMILES string of the molecule is Cc1cccc2oc3cc(N(c4ccc5ccccc5c4-c4ccccc4)c4c(-c5ccccc5)cccc4-c4ccccc4)ccc3c12. The fraction of sp³-hybridized carbons (Fsp3) is 0.0213. The van der Waals surface area contributed by atoms with Crippen molar-refractivity contribution in [3.63, 3.8) is 0 Å². The first-order chi connectivity index (χ1) is 24.2. The molecular weight excluding hydrogens is 595 g/mol. The summed E-state index contributed by atoms with van der Waals surface area (Å²) in [5.41, 5.74) is 13.2. The van der Waals surface area contributed by atoms with Crippen LogP contribution in [0, 0.1) is 6.92 Å². The molecule has 0 amide bonds. The van der Waals surface area contributed by atoms with Gasteiger partial charge in [0.25, 0.3) is 0 Å². The Morgan fingerprint density at radius 1 is 0.449 bits per heavy atom. The molecule has 0 aliphatic rings. The maximum absolute atomic E-state index is 6.58. The molecule has 0 bridgehead atoms. The van der Waals surface area contributed by atoms with E-state index in [0.29, 0.717) is 0 Å². The highest BCUT2D eigenvalue weighted by Gasteiger charge is 2.26. The summed E-state index contributed by atoms with van der Waals surface area (Å²) < 4.78 is 6.58. The van der Waals surface area contributed by atoms with Gasteiger partial charge in [-0.1, -0.05) is 152 Å². The Bertz CT molecular complexity index is 2540. The van der Waals surface area contributed by atoms with Gasteiger partial charge >= 0.3 is 0 Å². The lowest BCUT2D eigenvalue weighted by atomic mass is 9.91. The van der Waals surface area contributed by atoms with Crippen LogP contribution in [0.15, 0.2) is 186 Å². The van der Waals surface area contributed by atoms with Crippen molar-refractivity contribution in [2.75, 3.05) is 4.90 Å². The number of rotatable bonds is 6. The molecule has 0 unspecified atom stereocenters. The van der Waals surface area contributed by atoms with Crippen LogP contribution in [0.5, 0.6) is 0 Å². The second kappa shape index (κ2) is 12.0. The Morgan fingerprint density at radius 2 is 1.06 bits per heavy atom. The van der Waals surface area contributed by atoms with Crippen LogP contribution < -0.4 is 4.90 Å². The highest BCUT2D eigenvalue weighted by molar-refractivity contribution is 6.11. The molecular formula is C47H33NO. The van der Waals surface area contributed by atoms with Crippen LogP contribution in [0.3, 0.4) is 0 Å². The predicted molar refractivity (Wildman–Crippen MR) is 207 cm³/mol. The van der Waals surface area contributed by atoms with Crippen LogP contribution in [0.4, 0.5) is 17.1 Å². The normalized spacial score (nSPS) is 11.4. The summed E-state index contributed by atoms with van der Waals surface area (Å²) in [7, 11) is 0. The second-order valence-electron chi connectivity index (χ2n) is 12.5. The zero-order valence-electron chi connectivity index (χ0n) is 27.2. The highest BCUT2D eigenvalue weighted by atomic mass is 16.3. The Hall–Kier alpha value is -6.38.